The number of hydrogen-bond acceptors (Lipinski definition) is 1. The van der Waals surface area contributed by atoms with Gasteiger partial charge in [0.2, 0.25) is 0 Å². The Bertz CT molecular complexity index is 625. The van der Waals surface area contributed by atoms with E-state index >= 15 is 0 Å². The molecule has 3 rings (SSSR count). The van der Waals surface area contributed by atoms with E-state index in [9.17, 15) is 4.79 Å². The van der Waals surface area contributed by atoms with Crippen molar-refractivity contribution in [3.05, 3.63) is 47.0 Å². The lowest BCUT2D eigenvalue weighted by Gasteiger charge is -2.21. The topological polar surface area (TPSA) is 17.1 Å². The lowest BCUT2D eigenvalue weighted by Crippen LogP contribution is -2.14. The van der Waals surface area contributed by atoms with Gasteiger partial charge in [-0.1, -0.05) is 43.7 Å². The molecule has 19 heavy (non-hydrogen) atoms. The first-order chi connectivity index (χ1) is 9.31. The van der Waals surface area contributed by atoms with Gasteiger partial charge in [0.15, 0.2) is 5.78 Å². The number of rotatable bonds is 3. The highest BCUT2D eigenvalue weighted by Gasteiger charge is 2.22. The Kier molecular flexibility index (Phi) is 3.37. The molecule has 2 aromatic carbocycles. The van der Waals surface area contributed by atoms with E-state index in [2.05, 4.69) is 31.2 Å². The van der Waals surface area contributed by atoms with Crippen molar-refractivity contribution >= 4 is 16.6 Å². The molecule has 0 bridgehead atoms. The average molecular weight is 252 g/mol. The van der Waals surface area contributed by atoms with Crippen molar-refractivity contribution in [2.45, 2.75) is 45.4 Å². The molecule has 1 aliphatic carbocycles. The van der Waals surface area contributed by atoms with Crippen LogP contribution in [-0.4, -0.2) is 5.78 Å². The summed E-state index contributed by atoms with van der Waals surface area (Å²) in [5.74, 6) is 0.343. The van der Waals surface area contributed by atoms with Gasteiger partial charge >= 0.3 is 0 Å². The highest BCUT2D eigenvalue weighted by atomic mass is 16.1. The molecule has 0 radical (unpaired) electrons. The predicted octanol–water partition coefficient (Wildman–Crippen LogP) is 4.70. The zero-order valence-corrected chi connectivity index (χ0v) is 11.5. The third-order valence-electron chi connectivity index (χ3n) is 4.16. The number of carbonyl (C=O) groups excluding carboxylic acids is 1. The van der Waals surface area contributed by atoms with Crippen LogP contribution in [0, 0.1) is 0 Å². The Hall–Kier alpha value is -1.63. The number of ketones is 1. The number of hydrogen-bond donors (Lipinski definition) is 0. The zero-order valence-electron chi connectivity index (χ0n) is 11.5. The van der Waals surface area contributed by atoms with E-state index in [1.807, 2.05) is 6.07 Å². The molecule has 0 aliphatic heterocycles. The fourth-order valence-electron chi connectivity index (χ4n) is 3.19. The molecule has 1 heteroatoms. The maximum atomic E-state index is 12.3. The lowest BCUT2D eigenvalue weighted by molar-refractivity contribution is 0.0974. The molecule has 0 saturated heterocycles. The summed E-state index contributed by atoms with van der Waals surface area (Å²) in [5, 5.41) is 2.38. The summed E-state index contributed by atoms with van der Waals surface area (Å²) in [6.07, 6.45) is 6.33. The van der Waals surface area contributed by atoms with Gasteiger partial charge in [0.25, 0.3) is 0 Å². The third kappa shape index (κ3) is 2.18. The highest BCUT2D eigenvalue weighted by Crippen LogP contribution is 2.32. The molecule has 0 atom stereocenters. The number of fused-ring (bicyclic) bond motifs is 3. The van der Waals surface area contributed by atoms with E-state index in [1.54, 1.807) is 0 Å². The van der Waals surface area contributed by atoms with Crippen molar-refractivity contribution in [2.24, 2.45) is 0 Å². The molecule has 0 spiro atoms. The molecule has 0 heterocycles. The Balaban J connectivity index is 2.24. The Labute approximate surface area is 114 Å². The minimum absolute atomic E-state index is 0.343. The summed E-state index contributed by atoms with van der Waals surface area (Å²) in [4.78, 5) is 12.3. The van der Waals surface area contributed by atoms with Gasteiger partial charge in [0.1, 0.15) is 0 Å². The van der Waals surface area contributed by atoms with E-state index in [0.717, 1.165) is 30.2 Å². The molecule has 98 valence electrons. The van der Waals surface area contributed by atoms with Crippen molar-refractivity contribution < 1.29 is 4.79 Å². The fourth-order valence-corrected chi connectivity index (χ4v) is 3.19. The number of carbonyl (C=O) groups is 1. The first-order valence-corrected chi connectivity index (χ1v) is 7.38. The molecule has 1 nitrogen and oxygen atoms in total. The fraction of sp³-hybridized carbons (Fsp3) is 0.389. The number of aryl methyl sites for hydroxylation is 1. The van der Waals surface area contributed by atoms with Crippen LogP contribution in [-0.2, 0) is 12.8 Å². The molecule has 0 unspecified atom stereocenters. The predicted molar refractivity (Wildman–Crippen MR) is 79.8 cm³/mol. The van der Waals surface area contributed by atoms with Crippen LogP contribution >= 0.6 is 0 Å². The lowest BCUT2D eigenvalue weighted by atomic mass is 9.82. The molecular weight excluding hydrogens is 232 g/mol. The largest absolute Gasteiger partial charge is 0.294 e. The van der Waals surface area contributed by atoms with Gasteiger partial charge in [-0.2, -0.15) is 0 Å². The van der Waals surface area contributed by atoms with E-state index in [4.69, 9.17) is 0 Å². The summed E-state index contributed by atoms with van der Waals surface area (Å²) < 4.78 is 0. The second kappa shape index (κ2) is 5.16. The minimum atomic E-state index is 0.343. The summed E-state index contributed by atoms with van der Waals surface area (Å²) in [6.45, 7) is 2.22. The van der Waals surface area contributed by atoms with Gasteiger partial charge < -0.3 is 0 Å². The standard InChI is InChI=1S/C18H20O/c1-2-3-7-13-12-14-8-4-5-9-15(14)18-16(13)10-6-11-17(18)19/h4-5,8-9,12H,2-3,6-7,10-11H2,1H3. The van der Waals surface area contributed by atoms with E-state index < -0.39 is 0 Å². The second-order valence-corrected chi connectivity index (χ2v) is 5.49. The van der Waals surface area contributed by atoms with Crippen LogP contribution in [0.5, 0.6) is 0 Å². The molecular formula is C18H20O. The molecule has 2 aromatic rings. The van der Waals surface area contributed by atoms with Crippen LogP contribution in [0.25, 0.3) is 10.8 Å². The number of Topliss-reactive ketones (excluding diaryl/α,β-unsaturated/α-hetero) is 1. The van der Waals surface area contributed by atoms with E-state index in [1.165, 1.54) is 29.4 Å². The Morgan fingerprint density at radius 2 is 2.00 bits per heavy atom. The van der Waals surface area contributed by atoms with Crippen molar-refractivity contribution in [1.82, 2.24) is 0 Å². The van der Waals surface area contributed by atoms with E-state index in [0.29, 0.717) is 12.2 Å². The summed E-state index contributed by atoms with van der Waals surface area (Å²) >= 11 is 0. The maximum Gasteiger partial charge on any atom is 0.163 e. The van der Waals surface area contributed by atoms with Gasteiger partial charge in [-0.25, -0.2) is 0 Å². The normalized spacial score (nSPS) is 14.7. The summed E-state index contributed by atoms with van der Waals surface area (Å²) in [7, 11) is 0. The molecule has 0 saturated carbocycles. The van der Waals surface area contributed by atoms with Crippen LogP contribution in [0.2, 0.25) is 0 Å². The van der Waals surface area contributed by atoms with Gasteiger partial charge in [0.05, 0.1) is 0 Å². The number of benzene rings is 2. The van der Waals surface area contributed by atoms with Crippen LogP contribution in [0.1, 0.15) is 54.1 Å². The van der Waals surface area contributed by atoms with Gasteiger partial charge in [-0.3, -0.25) is 4.79 Å². The summed E-state index contributed by atoms with van der Waals surface area (Å²) in [6, 6.07) is 10.6. The molecule has 0 N–H and O–H groups in total. The third-order valence-corrected chi connectivity index (χ3v) is 4.16. The SMILES string of the molecule is CCCCc1cc2ccccc2c2c1CCCC2=O. The van der Waals surface area contributed by atoms with Crippen molar-refractivity contribution in [3.8, 4) is 0 Å². The first kappa shape index (κ1) is 12.4. The maximum absolute atomic E-state index is 12.3. The van der Waals surface area contributed by atoms with Crippen LogP contribution in [0.4, 0.5) is 0 Å². The Morgan fingerprint density at radius 1 is 1.16 bits per heavy atom. The van der Waals surface area contributed by atoms with Crippen molar-refractivity contribution in [2.75, 3.05) is 0 Å². The van der Waals surface area contributed by atoms with E-state index in [-0.39, 0.29) is 0 Å². The monoisotopic (exact) mass is 252 g/mol. The minimum Gasteiger partial charge on any atom is -0.294 e. The summed E-state index contributed by atoms with van der Waals surface area (Å²) in [5.41, 5.74) is 3.77. The smallest absolute Gasteiger partial charge is 0.163 e. The van der Waals surface area contributed by atoms with Crippen molar-refractivity contribution in [3.63, 3.8) is 0 Å². The first-order valence-electron chi connectivity index (χ1n) is 7.38. The highest BCUT2D eigenvalue weighted by molar-refractivity contribution is 6.10. The number of unbranched alkanes of at least 4 members (excludes halogenated alkanes) is 1. The van der Waals surface area contributed by atoms with Crippen molar-refractivity contribution in [1.29, 1.82) is 0 Å². The Morgan fingerprint density at radius 3 is 2.84 bits per heavy atom. The van der Waals surface area contributed by atoms with Gasteiger partial charge in [-0.05, 0) is 47.6 Å². The second-order valence-electron chi connectivity index (χ2n) is 5.49. The van der Waals surface area contributed by atoms with Crippen LogP contribution < -0.4 is 0 Å². The molecule has 1 aliphatic rings. The molecule has 0 aromatic heterocycles. The van der Waals surface area contributed by atoms with Crippen LogP contribution in [0.15, 0.2) is 30.3 Å². The zero-order chi connectivity index (χ0) is 13.2. The quantitative estimate of drug-likeness (QED) is 0.773. The van der Waals surface area contributed by atoms with Gasteiger partial charge in [-0.15, -0.1) is 0 Å². The molecule has 0 amide bonds. The van der Waals surface area contributed by atoms with Gasteiger partial charge in [0, 0.05) is 12.0 Å². The molecule has 0 fully saturated rings. The average Bonchev–Trinajstić information content (AvgIpc) is 2.45. The van der Waals surface area contributed by atoms with Crippen LogP contribution in [0.3, 0.4) is 0 Å².